The Morgan fingerprint density at radius 1 is 1.27 bits per heavy atom. The maximum atomic E-state index is 12.2. The van der Waals surface area contributed by atoms with Crippen LogP contribution in [-0.2, 0) is 4.79 Å². The number of amides is 1. The molecule has 1 aromatic heterocycles. The summed E-state index contributed by atoms with van der Waals surface area (Å²) >= 11 is 0. The monoisotopic (exact) mass is 303 g/mol. The van der Waals surface area contributed by atoms with Crippen molar-refractivity contribution in [1.29, 1.82) is 0 Å². The second kappa shape index (κ2) is 6.20. The molecule has 1 unspecified atom stereocenters. The molecular formula is C16H25N5O. The molecule has 3 heterocycles. The molecule has 0 aliphatic carbocycles. The summed E-state index contributed by atoms with van der Waals surface area (Å²) in [5.41, 5.74) is 0.0648. The summed E-state index contributed by atoms with van der Waals surface area (Å²) in [6.45, 7) is 6.61. The maximum Gasteiger partial charge on any atom is 0.222 e. The van der Waals surface area contributed by atoms with Crippen molar-refractivity contribution >= 4 is 11.7 Å². The molecule has 0 bridgehead atoms. The molecule has 1 amide bonds. The highest BCUT2D eigenvalue weighted by Gasteiger charge is 2.42. The molecule has 22 heavy (non-hydrogen) atoms. The van der Waals surface area contributed by atoms with Crippen LogP contribution in [0.2, 0.25) is 0 Å². The van der Waals surface area contributed by atoms with Crippen molar-refractivity contribution in [2.24, 2.45) is 0 Å². The van der Waals surface area contributed by atoms with Crippen LogP contribution >= 0.6 is 0 Å². The van der Waals surface area contributed by atoms with Crippen molar-refractivity contribution in [3.63, 3.8) is 0 Å². The summed E-state index contributed by atoms with van der Waals surface area (Å²) < 4.78 is 0. The Hall–Kier alpha value is -1.69. The van der Waals surface area contributed by atoms with Gasteiger partial charge >= 0.3 is 0 Å². The van der Waals surface area contributed by atoms with E-state index in [4.69, 9.17) is 0 Å². The molecule has 2 aliphatic heterocycles. The molecule has 2 fully saturated rings. The summed E-state index contributed by atoms with van der Waals surface area (Å²) in [5, 5.41) is 8.26. The van der Waals surface area contributed by atoms with Crippen LogP contribution in [0.15, 0.2) is 18.3 Å². The zero-order valence-electron chi connectivity index (χ0n) is 13.5. The van der Waals surface area contributed by atoms with Gasteiger partial charge in [0.1, 0.15) is 0 Å². The van der Waals surface area contributed by atoms with E-state index >= 15 is 0 Å². The SMILES string of the molecule is CCN1CCC2(CCC1=O)CN(c1cccnn1)CCN2C. The van der Waals surface area contributed by atoms with Crippen LogP contribution in [0.25, 0.3) is 0 Å². The quantitative estimate of drug-likeness (QED) is 0.816. The summed E-state index contributed by atoms with van der Waals surface area (Å²) in [4.78, 5) is 19.0. The Morgan fingerprint density at radius 3 is 2.86 bits per heavy atom. The van der Waals surface area contributed by atoms with Gasteiger partial charge in [0, 0.05) is 50.9 Å². The molecule has 0 N–H and O–H groups in total. The number of carbonyl (C=O) groups excluding carboxylic acids is 1. The Kier molecular flexibility index (Phi) is 4.29. The zero-order valence-corrected chi connectivity index (χ0v) is 13.5. The molecule has 1 atom stereocenters. The molecule has 2 aliphatic rings. The Labute approximate surface area is 132 Å². The lowest BCUT2D eigenvalue weighted by molar-refractivity contribution is -0.130. The van der Waals surface area contributed by atoms with Crippen molar-refractivity contribution in [2.75, 3.05) is 44.7 Å². The van der Waals surface area contributed by atoms with Gasteiger partial charge in [-0.15, -0.1) is 5.10 Å². The summed E-state index contributed by atoms with van der Waals surface area (Å²) in [7, 11) is 2.19. The van der Waals surface area contributed by atoms with Crippen LogP contribution in [-0.4, -0.2) is 71.2 Å². The number of nitrogens with zero attached hydrogens (tertiary/aromatic N) is 5. The number of hydrogen-bond donors (Lipinski definition) is 0. The van der Waals surface area contributed by atoms with Gasteiger partial charge in [-0.1, -0.05) is 0 Å². The highest BCUT2D eigenvalue weighted by atomic mass is 16.2. The third kappa shape index (κ3) is 2.79. The molecule has 1 spiro atoms. The minimum atomic E-state index is 0.0648. The van der Waals surface area contributed by atoms with E-state index in [9.17, 15) is 4.79 Å². The van der Waals surface area contributed by atoms with Gasteiger partial charge in [-0.25, -0.2) is 0 Å². The van der Waals surface area contributed by atoms with E-state index in [1.54, 1.807) is 6.20 Å². The number of rotatable bonds is 2. The predicted octanol–water partition coefficient (Wildman–Crippen LogP) is 1.000. The number of aromatic nitrogens is 2. The number of likely N-dealkylation sites (N-methyl/N-ethyl adjacent to an activating group) is 1. The fraction of sp³-hybridized carbons (Fsp3) is 0.688. The summed E-state index contributed by atoms with van der Waals surface area (Å²) in [5.74, 6) is 1.24. The molecule has 0 saturated carbocycles. The van der Waals surface area contributed by atoms with Gasteiger partial charge in [-0.3, -0.25) is 9.69 Å². The molecule has 0 radical (unpaired) electrons. The molecule has 6 nitrogen and oxygen atoms in total. The smallest absolute Gasteiger partial charge is 0.222 e. The standard InChI is InChI=1S/C16H25N5O/c1-3-20-10-8-16(7-6-15(20)22)13-21(12-11-19(16)2)14-5-4-9-17-18-14/h4-5,9H,3,6-8,10-13H2,1-2H3. The van der Waals surface area contributed by atoms with Gasteiger partial charge in [-0.05, 0) is 38.9 Å². The second-order valence-corrected chi connectivity index (χ2v) is 6.37. The fourth-order valence-electron chi connectivity index (χ4n) is 3.69. The Balaban J connectivity index is 1.80. The molecular weight excluding hydrogens is 278 g/mol. The zero-order chi connectivity index (χ0) is 15.6. The van der Waals surface area contributed by atoms with E-state index in [1.807, 2.05) is 17.0 Å². The van der Waals surface area contributed by atoms with Crippen molar-refractivity contribution in [3.05, 3.63) is 18.3 Å². The van der Waals surface area contributed by atoms with Gasteiger partial charge in [-0.2, -0.15) is 5.10 Å². The van der Waals surface area contributed by atoms with Crippen molar-refractivity contribution in [1.82, 2.24) is 20.0 Å². The van der Waals surface area contributed by atoms with Crippen molar-refractivity contribution in [2.45, 2.75) is 31.7 Å². The maximum absolute atomic E-state index is 12.2. The topological polar surface area (TPSA) is 52.6 Å². The largest absolute Gasteiger partial charge is 0.352 e. The highest BCUT2D eigenvalue weighted by molar-refractivity contribution is 5.76. The average molecular weight is 303 g/mol. The van der Waals surface area contributed by atoms with Crippen LogP contribution in [0.3, 0.4) is 0 Å². The Morgan fingerprint density at radius 2 is 2.14 bits per heavy atom. The van der Waals surface area contributed by atoms with Gasteiger partial charge in [0.15, 0.2) is 5.82 Å². The number of carbonyl (C=O) groups is 1. The van der Waals surface area contributed by atoms with Gasteiger partial charge < -0.3 is 9.80 Å². The van der Waals surface area contributed by atoms with Gasteiger partial charge in [0.05, 0.1) is 0 Å². The molecule has 3 rings (SSSR count). The number of anilines is 1. The van der Waals surface area contributed by atoms with Crippen molar-refractivity contribution in [3.8, 4) is 0 Å². The second-order valence-electron chi connectivity index (χ2n) is 6.37. The molecule has 6 heteroatoms. The summed E-state index contributed by atoms with van der Waals surface area (Å²) in [6, 6.07) is 3.95. The molecule has 120 valence electrons. The van der Waals surface area contributed by atoms with E-state index in [0.29, 0.717) is 12.3 Å². The average Bonchev–Trinajstić information content (AvgIpc) is 2.71. The minimum absolute atomic E-state index is 0.0648. The first-order valence-electron chi connectivity index (χ1n) is 8.16. The third-order valence-corrected chi connectivity index (χ3v) is 5.27. The van der Waals surface area contributed by atoms with Gasteiger partial charge in [0.25, 0.3) is 0 Å². The van der Waals surface area contributed by atoms with E-state index < -0.39 is 0 Å². The minimum Gasteiger partial charge on any atom is -0.352 e. The van der Waals surface area contributed by atoms with E-state index in [2.05, 4.69) is 34.0 Å². The first kappa shape index (κ1) is 15.2. The normalized spacial score (nSPS) is 27.3. The molecule has 0 aromatic carbocycles. The van der Waals surface area contributed by atoms with Gasteiger partial charge in [0.2, 0.25) is 5.91 Å². The van der Waals surface area contributed by atoms with Crippen LogP contribution in [0.1, 0.15) is 26.2 Å². The Bertz CT molecular complexity index is 523. The number of likely N-dealkylation sites (tertiary alicyclic amines) is 1. The fourth-order valence-corrected chi connectivity index (χ4v) is 3.69. The van der Waals surface area contributed by atoms with E-state index in [-0.39, 0.29) is 5.54 Å². The van der Waals surface area contributed by atoms with Crippen LogP contribution < -0.4 is 4.90 Å². The summed E-state index contributed by atoms with van der Waals surface area (Å²) in [6.07, 6.45) is 4.31. The number of piperazine rings is 1. The van der Waals surface area contributed by atoms with E-state index in [1.165, 1.54) is 0 Å². The first-order valence-corrected chi connectivity index (χ1v) is 8.16. The first-order chi connectivity index (χ1) is 10.6. The van der Waals surface area contributed by atoms with Crippen molar-refractivity contribution < 1.29 is 4.79 Å². The molecule has 1 aromatic rings. The van der Waals surface area contributed by atoms with Crippen LogP contribution in [0, 0.1) is 0 Å². The lowest BCUT2D eigenvalue weighted by Gasteiger charge is -2.49. The van der Waals surface area contributed by atoms with E-state index in [0.717, 1.165) is 51.4 Å². The predicted molar refractivity (Wildman–Crippen MR) is 85.7 cm³/mol. The van der Waals surface area contributed by atoms with Crippen LogP contribution in [0.5, 0.6) is 0 Å². The lowest BCUT2D eigenvalue weighted by atomic mass is 9.86. The highest BCUT2D eigenvalue weighted by Crippen LogP contribution is 2.33. The molecule has 2 saturated heterocycles. The number of hydrogen-bond acceptors (Lipinski definition) is 5. The lowest BCUT2D eigenvalue weighted by Crippen LogP contribution is -2.61. The third-order valence-electron chi connectivity index (χ3n) is 5.27. The van der Waals surface area contributed by atoms with Crippen LogP contribution in [0.4, 0.5) is 5.82 Å².